The van der Waals surface area contributed by atoms with Crippen molar-refractivity contribution in [2.24, 2.45) is 0 Å². The average Bonchev–Trinajstić information content (AvgIpc) is 2.64. The smallest absolute Gasteiger partial charge is 0.313 e. The minimum absolute atomic E-state index is 0.000677. The third-order valence-corrected chi connectivity index (χ3v) is 3.88. The second-order valence-electron chi connectivity index (χ2n) is 4.25. The van der Waals surface area contributed by atoms with Crippen LogP contribution < -0.4 is 0 Å². The van der Waals surface area contributed by atoms with E-state index >= 15 is 0 Å². The lowest BCUT2D eigenvalue weighted by molar-refractivity contribution is -0.133. The Balaban J connectivity index is 2.48. The van der Waals surface area contributed by atoms with Crippen LogP contribution in [-0.2, 0) is 11.3 Å². The zero-order chi connectivity index (χ0) is 14.0. The van der Waals surface area contributed by atoms with E-state index in [-0.39, 0.29) is 5.75 Å². The summed E-state index contributed by atoms with van der Waals surface area (Å²) in [4.78, 5) is 15.2. The molecule has 0 amide bonds. The number of carboxylic acid groups (broad SMARTS) is 1. The maximum absolute atomic E-state index is 10.7. The fourth-order valence-corrected chi connectivity index (χ4v) is 2.82. The highest BCUT2D eigenvalue weighted by atomic mass is 79.9. The number of fused-ring (bicyclic) bond motifs is 1. The molecule has 1 aromatic heterocycles. The number of carboxylic acids is 1. The molecule has 6 heteroatoms. The van der Waals surface area contributed by atoms with Crippen LogP contribution in [-0.4, -0.2) is 26.4 Å². The molecule has 2 aromatic rings. The number of nitrogens with zero attached hydrogens (tertiary/aromatic N) is 2. The highest BCUT2D eigenvalue weighted by molar-refractivity contribution is 9.10. The van der Waals surface area contributed by atoms with Gasteiger partial charge in [0.25, 0.3) is 0 Å². The zero-order valence-corrected chi connectivity index (χ0v) is 12.8. The van der Waals surface area contributed by atoms with Crippen LogP contribution in [0.15, 0.2) is 40.0 Å². The molecule has 0 unspecified atom stereocenters. The highest BCUT2D eigenvalue weighted by Crippen LogP contribution is 2.27. The van der Waals surface area contributed by atoms with Crippen LogP contribution in [0, 0.1) is 0 Å². The van der Waals surface area contributed by atoms with Gasteiger partial charge in [-0.3, -0.25) is 4.79 Å². The molecule has 0 aliphatic carbocycles. The number of halogens is 1. The molecule has 100 valence electrons. The molecular weight excluding hydrogens is 328 g/mol. The maximum atomic E-state index is 10.7. The molecule has 0 radical (unpaired) electrons. The first-order valence-electron chi connectivity index (χ1n) is 5.62. The Morgan fingerprint density at radius 2 is 2.32 bits per heavy atom. The van der Waals surface area contributed by atoms with Crippen molar-refractivity contribution in [1.82, 2.24) is 9.55 Å². The molecule has 0 fully saturated rings. The number of rotatable bonds is 5. The number of thioether (sulfide) groups is 1. The summed E-state index contributed by atoms with van der Waals surface area (Å²) >= 11 is 4.66. The fourth-order valence-electron chi connectivity index (χ4n) is 1.73. The Morgan fingerprint density at radius 1 is 1.58 bits per heavy atom. The Morgan fingerprint density at radius 3 is 2.95 bits per heavy atom. The van der Waals surface area contributed by atoms with Gasteiger partial charge in [0.15, 0.2) is 5.16 Å². The number of imidazole rings is 1. The van der Waals surface area contributed by atoms with Crippen LogP contribution in [0.2, 0.25) is 0 Å². The van der Waals surface area contributed by atoms with Crippen molar-refractivity contribution in [3.8, 4) is 0 Å². The molecule has 4 nitrogen and oxygen atoms in total. The third kappa shape index (κ3) is 3.39. The standard InChI is InChI=1S/C13H13BrN2O2S/c1-8(2)6-16-11-5-9(14)3-4-10(11)15-13(16)19-7-12(17)18/h3-5H,1,6-7H2,2H3,(H,17,18). The van der Waals surface area contributed by atoms with E-state index in [0.717, 1.165) is 21.1 Å². The predicted octanol–water partition coefficient (Wildman–Crippen LogP) is 3.55. The number of hydrogen-bond donors (Lipinski definition) is 1. The lowest BCUT2D eigenvalue weighted by Crippen LogP contribution is -2.04. The molecule has 0 aliphatic heterocycles. The van der Waals surface area contributed by atoms with E-state index in [1.54, 1.807) is 0 Å². The molecule has 0 bridgehead atoms. The highest BCUT2D eigenvalue weighted by Gasteiger charge is 2.13. The minimum Gasteiger partial charge on any atom is -0.481 e. The molecule has 19 heavy (non-hydrogen) atoms. The van der Waals surface area contributed by atoms with Gasteiger partial charge in [-0.1, -0.05) is 39.8 Å². The van der Waals surface area contributed by atoms with E-state index in [4.69, 9.17) is 5.11 Å². The van der Waals surface area contributed by atoms with Crippen LogP contribution in [0.5, 0.6) is 0 Å². The van der Waals surface area contributed by atoms with E-state index < -0.39 is 5.97 Å². The van der Waals surface area contributed by atoms with Crippen molar-refractivity contribution >= 4 is 44.7 Å². The zero-order valence-electron chi connectivity index (χ0n) is 10.4. The van der Waals surface area contributed by atoms with E-state index in [9.17, 15) is 4.79 Å². The first kappa shape index (κ1) is 14.1. The summed E-state index contributed by atoms with van der Waals surface area (Å²) in [5.41, 5.74) is 2.83. The molecule has 0 saturated carbocycles. The number of benzene rings is 1. The molecule has 0 aliphatic rings. The quantitative estimate of drug-likeness (QED) is 0.667. The van der Waals surface area contributed by atoms with Crippen molar-refractivity contribution in [2.75, 3.05) is 5.75 Å². The molecule has 1 N–H and O–H groups in total. The van der Waals surface area contributed by atoms with E-state index in [1.807, 2.05) is 29.7 Å². The van der Waals surface area contributed by atoms with E-state index in [0.29, 0.717) is 11.7 Å². The third-order valence-electron chi connectivity index (χ3n) is 2.43. The summed E-state index contributed by atoms with van der Waals surface area (Å²) in [6.07, 6.45) is 0. The van der Waals surface area contributed by atoms with Crippen LogP contribution in [0.25, 0.3) is 11.0 Å². The van der Waals surface area contributed by atoms with Gasteiger partial charge >= 0.3 is 5.97 Å². The van der Waals surface area contributed by atoms with Gasteiger partial charge in [-0.25, -0.2) is 4.98 Å². The molecule has 0 saturated heterocycles. The second kappa shape index (κ2) is 5.79. The molecule has 0 atom stereocenters. The van der Waals surface area contributed by atoms with Crippen molar-refractivity contribution in [2.45, 2.75) is 18.6 Å². The van der Waals surface area contributed by atoms with Crippen LogP contribution in [0.3, 0.4) is 0 Å². The monoisotopic (exact) mass is 340 g/mol. The maximum Gasteiger partial charge on any atom is 0.313 e. The Labute approximate surface area is 123 Å². The summed E-state index contributed by atoms with van der Waals surface area (Å²) in [5.74, 6) is -0.846. The van der Waals surface area contributed by atoms with Gasteiger partial charge < -0.3 is 9.67 Å². The first-order valence-corrected chi connectivity index (χ1v) is 7.40. The van der Waals surface area contributed by atoms with E-state index in [2.05, 4.69) is 27.5 Å². The number of hydrogen-bond acceptors (Lipinski definition) is 3. The molecule has 1 heterocycles. The van der Waals surface area contributed by atoms with Gasteiger partial charge in [-0.15, -0.1) is 0 Å². The van der Waals surface area contributed by atoms with Crippen molar-refractivity contribution in [3.05, 3.63) is 34.8 Å². The topological polar surface area (TPSA) is 55.1 Å². The van der Waals surface area contributed by atoms with Gasteiger partial charge in [-0.05, 0) is 25.1 Å². The van der Waals surface area contributed by atoms with Crippen molar-refractivity contribution in [3.63, 3.8) is 0 Å². The van der Waals surface area contributed by atoms with Crippen molar-refractivity contribution in [1.29, 1.82) is 0 Å². The summed E-state index contributed by atoms with van der Waals surface area (Å²) in [7, 11) is 0. The molecule has 1 aromatic carbocycles. The summed E-state index contributed by atoms with van der Waals surface area (Å²) in [6.45, 7) is 6.48. The summed E-state index contributed by atoms with van der Waals surface area (Å²) in [6, 6.07) is 5.82. The number of carbonyl (C=O) groups is 1. The van der Waals surface area contributed by atoms with Gasteiger partial charge in [0.2, 0.25) is 0 Å². The Hall–Kier alpha value is -1.27. The Kier molecular flexibility index (Phi) is 4.31. The normalized spacial score (nSPS) is 10.8. The average molecular weight is 341 g/mol. The van der Waals surface area contributed by atoms with Crippen LogP contribution in [0.1, 0.15) is 6.92 Å². The van der Waals surface area contributed by atoms with Gasteiger partial charge in [0, 0.05) is 11.0 Å². The van der Waals surface area contributed by atoms with Crippen LogP contribution >= 0.6 is 27.7 Å². The number of aromatic nitrogens is 2. The van der Waals surface area contributed by atoms with E-state index in [1.165, 1.54) is 11.8 Å². The number of allylic oxidation sites excluding steroid dienone is 1. The lowest BCUT2D eigenvalue weighted by Gasteiger charge is -2.07. The second-order valence-corrected chi connectivity index (χ2v) is 6.11. The Bertz CT molecular complexity index is 651. The summed E-state index contributed by atoms with van der Waals surface area (Å²) < 4.78 is 2.97. The van der Waals surface area contributed by atoms with Crippen LogP contribution in [0.4, 0.5) is 0 Å². The van der Waals surface area contributed by atoms with Gasteiger partial charge in [-0.2, -0.15) is 0 Å². The summed E-state index contributed by atoms with van der Waals surface area (Å²) in [5, 5.41) is 9.49. The molecule has 2 rings (SSSR count). The number of aliphatic carboxylic acids is 1. The van der Waals surface area contributed by atoms with Gasteiger partial charge in [0.05, 0.1) is 16.8 Å². The minimum atomic E-state index is -0.847. The largest absolute Gasteiger partial charge is 0.481 e. The van der Waals surface area contributed by atoms with Crippen molar-refractivity contribution < 1.29 is 9.90 Å². The molecule has 0 spiro atoms. The first-order chi connectivity index (χ1) is 8.97. The predicted molar refractivity (Wildman–Crippen MR) is 80.6 cm³/mol. The molecular formula is C13H13BrN2O2S. The van der Waals surface area contributed by atoms with Gasteiger partial charge in [0.1, 0.15) is 0 Å². The fraction of sp³-hybridized carbons (Fsp3) is 0.231. The lowest BCUT2D eigenvalue weighted by atomic mass is 10.3. The SMILES string of the molecule is C=C(C)Cn1c(SCC(=O)O)nc2ccc(Br)cc21.